The van der Waals surface area contributed by atoms with Gasteiger partial charge in [-0.2, -0.15) is 0 Å². The minimum Gasteiger partial charge on any atom is -0.312 e. The zero-order chi connectivity index (χ0) is 11.3. The van der Waals surface area contributed by atoms with Crippen LogP contribution in [0.15, 0.2) is 10.9 Å². The summed E-state index contributed by atoms with van der Waals surface area (Å²) in [6.07, 6.45) is 2.31. The van der Waals surface area contributed by atoms with Gasteiger partial charge in [0.2, 0.25) is 0 Å². The quantitative estimate of drug-likeness (QED) is 0.834. The molecule has 1 atom stereocenters. The SMILES string of the molecule is CCC(CNC(C)(C)C)Cc1cscn1. The fraction of sp³-hybridized carbons (Fsp3) is 0.750. The number of nitrogens with one attached hydrogen (secondary N) is 1. The van der Waals surface area contributed by atoms with Crippen molar-refractivity contribution in [2.45, 2.75) is 46.1 Å². The first kappa shape index (κ1) is 12.7. The Hall–Kier alpha value is -0.410. The second kappa shape index (κ2) is 5.61. The largest absolute Gasteiger partial charge is 0.312 e. The molecule has 0 aromatic carbocycles. The van der Waals surface area contributed by atoms with Gasteiger partial charge in [-0.15, -0.1) is 11.3 Å². The molecule has 1 heterocycles. The molecular weight excluding hydrogens is 204 g/mol. The fourth-order valence-corrected chi connectivity index (χ4v) is 2.02. The van der Waals surface area contributed by atoms with Gasteiger partial charge >= 0.3 is 0 Å². The standard InChI is InChI=1S/C12H22N2S/c1-5-10(7-14-12(2,3)4)6-11-8-15-9-13-11/h8-10,14H,5-7H2,1-4H3. The summed E-state index contributed by atoms with van der Waals surface area (Å²) in [4.78, 5) is 4.34. The molecule has 0 fully saturated rings. The zero-order valence-corrected chi connectivity index (χ0v) is 11.0. The van der Waals surface area contributed by atoms with Gasteiger partial charge in [-0.05, 0) is 39.7 Å². The van der Waals surface area contributed by atoms with Crippen molar-refractivity contribution in [2.75, 3.05) is 6.54 Å². The summed E-state index contributed by atoms with van der Waals surface area (Å²) in [7, 11) is 0. The summed E-state index contributed by atoms with van der Waals surface area (Å²) in [5, 5.41) is 5.71. The molecule has 0 aliphatic rings. The molecule has 1 aromatic rings. The maximum atomic E-state index is 4.34. The van der Waals surface area contributed by atoms with Gasteiger partial charge in [0.05, 0.1) is 11.2 Å². The molecule has 0 aliphatic carbocycles. The van der Waals surface area contributed by atoms with Crippen LogP contribution in [-0.2, 0) is 6.42 Å². The normalized spacial score (nSPS) is 14.1. The van der Waals surface area contributed by atoms with Crippen molar-refractivity contribution in [1.82, 2.24) is 10.3 Å². The molecule has 0 amide bonds. The van der Waals surface area contributed by atoms with Gasteiger partial charge in [0.25, 0.3) is 0 Å². The molecule has 86 valence electrons. The van der Waals surface area contributed by atoms with E-state index in [2.05, 4.69) is 43.4 Å². The number of thiazole rings is 1. The van der Waals surface area contributed by atoms with Crippen molar-refractivity contribution in [3.8, 4) is 0 Å². The van der Waals surface area contributed by atoms with E-state index in [1.54, 1.807) is 11.3 Å². The number of rotatable bonds is 5. The number of nitrogens with zero attached hydrogens (tertiary/aromatic N) is 1. The van der Waals surface area contributed by atoms with Gasteiger partial charge in [-0.1, -0.05) is 13.3 Å². The third kappa shape index (κ3) is 5.28. The summed E-state index contributed by atoms with van der Waals surface area (Å²) in [6, 6.07) is 0. The first-order valence-electron chi connectivity index (χ1n) is 5.63. The molecule has 1 N–H and O–H groups in total. The lowest BCUT2D eigenvalue weighted by molar-refractivity contribution is 0.362. The molecule has 3 heteroatoms. The van der Waals surface area contributed by atoms with Crippen LogP contribution in [0.1, 0.15) is 39.8 Å². The zero-order valence-electron chi connectivity index (χ0n) is 10.2. The van der Waals surface area contributed by atoms with Crippen molar-refractivity contribution in [3.05, 3.63) is 16.6 Å². The maximum absolute atomic E-state index is 4.34. The topological polar surface area (TPSA) is 24.9 Å². The van der Waals surface area contributed by atoms with E-state index in [0.29, 0.717) is 5.92 Å². The maximum Gasteiger partial charge on any atom is 0.0794 e. The molecule has 0 saturated heterocycles. The van der Waals surface area contributed by atoms with E-state index >= 15 is 0 Å². The molecule has 1 rings (SSSR count). The summed E-state index contributed by atoms with van der Waals surface area (Å²) in [5.74, 6) is 0.700. The lowest BCUT2D eigenvalue weighted by Gasteiger charge is -2.24. The van der Waals surface area contributed by atoms with Crippen LogP contribution in [0, 0.1) is 5.92 Å². The monoisotopic (exact) mass is 226 g/mol. The Labute approximate surface area is 97.1 Å². The molecule has 0 spiro atoms. The van der Waals surface area contributed by atoms with Gasteiger partial charge in [0, 0.05) is 10.9 Å². The van der Waals surface area contributed by atoms with E-state index in [9.17, 15) is 0 Å². The molecule has 15 heavy (non-hydrogen) atoms. The van der Waals surface area contributed by atoms with Crippen molar-refractivity contribution in [3.63, 3.8) is 0 Å². The predicted molar refractivity (Wildman–Crippen MR) is 67.4 cm³/mol. The average molecular weight is 226 g/mol. The summed E-state index contributed by atoms with van der Waals surface area (Å²) < 4.78 is 0. The summed E-state index contributed by atoms with van der Waals surface area (Å²) in [5.41, 5.74) is 3.37. The van der Waals surface area contributed by atoms with Gasteiger partial charge in [0.15, 0.2) is 0 Å². The fourth-order valence-electron chi connectivity index (χ4n) is 1.45. The van der Waals surface area contributed by atoms with Crippen LogP contribution in [-0.4, -0.2) is 17.1 Å². The Balaban J connectivity index is 2.36. The molecule has 1 aromatic heterocycles. The minimum atomic E-state index is 0.218. The average Bonchev–Trinajstić information content (AvgIpc) is 2.63. The van der Waals surface area contributed by atoms with Gasteiger partial charge in [0.1, 0.15) is 0 Å². The summed E-state index contributed by atoms with van der Waals surface area (Å²) in [6.45, 7) is 9.96. The van der Waals surface area contributed by atoms with E-state index < -0.39 is 0 Å². The Morgan fingerprint density at radius 3 is 2.67 bits per heavy atom. The van der Waals surface area contributed by atoms with Crippen LogP contribution in [0.25, 0.3) is 0 Å². The highest BCUT2D eigenvalue weighted by Crippen LogP contribution is 2.13. The van der Waals surface area contributed by atoms with Crippen molar-refractivity contribution >= 4 is 11.3 Å². The van der Waals surface area contributed by atoms with E-state index in [1.165, 1.54) is 12.1 Å². The summed E-state index contributed by atoms with van der Waals surface area (Å²) >= 11 is 1.68. The third-order valence-electron chi connectivity index (χ3n) is 2.48. The van der Waals surface area contributed by atoms with Crippen LogP contribution < -0.4 is 5.32 Å². The van der Waals surface area contributed by atoms with Crippen LogP contribution >= 0.6 is 11.3 Å². The van der Waals surface area contributed by atoms with Crippen LogP contribution in [0.3, 0.4) is 0 Å². The molecule has 0 bridgehead atoms. The first-order chi connectivity index (χ1) is 7.01. The second-order valence-corrected chi connectivity index (χ2v) is 5.81. The van der Waals surface area contributed by atoms with E-state index in [4.69, 9.17) is 0 Å². The first-order valence-corrected chi connectivity index (χ1v) is 6.57. The number of aromatic nitrogens is 1. The molecule has 0 radical (unpaired) electrons. The van der Waals surface area contributed by atoms with E-state index in [1.807, 2.05) is 5.51 Å². The third-order valence-corrected chi connectivity index (χ3v) is 3.11. The molecule has 0 saturated carbocycles. The van der Waals surface area contributed by atoms with Crippen molar-refractivity contribution in [2.24, 2.45) is 5.92 Å². The van der Waals surface area contributed by atoms with Gasteiger partial charge < -0.3 is 5.32 Å². The molecule has 2 nitrogen and oxygen atoms in total. The van der Waals surface area contributed by atoms with Crippen molar-refractivity contribution < 1.29 is 0 Å². The highest BCUT2D eigenvalue weighted by atomic mass is 32.1. The molecular formula is C12H22N2S. The molecule has 0 aliphatic heterocycles. The highest BCUT2D eigenvalue weighted by molar-refractivity contribution is 7.07. The minimum absolute atomic E-state index is 0.218. The van der Waals surface area contributed by atoms with E-state index in [0.717, 1.165) is 13.0 Å². The predicted octanol–water partition coefficient (Wildman–Crippen LogP) is 3.10. The highest BCUT2D eigenvalue weighted by Gasteiger charge is 2.13. The second-order valence-electron chi connectivity index (χ2n) is 5.09. The van der Waals surface area contributed by atoms with Crippen molar-refractivity contribution in [1.29, 1.82) is 0 Å². The number of hydrogen-bond acceptors (Lipinski definition) is 3. The van der Waals surface area contributed by atoms with Crippen LogP contribution in [0.4, 0.5) is 0 Å². The Kier molecular flexibility index (Phi) is 4.74. The van der Waals surface area contributed by atoms with Gasteiger partial charge in [-0.25, -0.2) is 4.98 Å². The number of hydrogen-bond donors (Lipinski definition) is 1. The smallest absolute Gasteiger partial charge is 0.0794 e. The Morgan fingerprint density at radius 1 is 1.47 bits per heavy atom. The lowest BCUT2D eigenvalue weighted by atomic mass is 9.99. The lowest BCUT2D eigenvalue weighted by Crippen LogP contribution is -2.39. The molecule has 1 unspecified atom stereocenters. The van der Waals surface area contributed by atoms with Crippen LogP contribution in [0.5, 0.6) is 0 Å². The Morgan fingerprint density at radius 2 is 2.20 bits per heavy atom. The Bertz CT molecular complexity index is 262. The van der Waals surface area contributed by atoms with Crippen LogP contribution in [0.2, 0.25) is 0 Å². The van der Waals surface area contributed by atoms with Gasteiger partial charge in [-0.3, -0.25) is 0 Å². The van der Waals surface area contributed by atoms with E-state index in [-0.39, 0.29) is 5.54 Å².